The van der Waals surface area contributed by atoms with E-state index >= 15 is 0 Å². The van der Waals surface area contributed by atoms with E-state index in [0.29, 0.717) is 19.0 Å². The van der Waals surface area contributed by atoms with Crippen LogP contribution >= 0.6 is 0 Å². The third-order valence-corrected chi connectivity index (χ3v) is 3.24. The average molecular weight is 285 g/mol. The van der Waals surface area contributed by atoms with Crippen molar-refractivity contribution in [3.63, 3.8) is 0 Å². The van der Waals surface area contributed by atoms with Gasteiger partial charge >= 0.3 is 0 Å². The highest BCUT2D eigenvalue weighted by Crippen LogP contribution is 2.17. The molecular weight excluding hydrogens is 262 g/mol. The van der Waals surface area contributed by atoms with E-state index in [9.17, 15) is 4.79 Å². The van der Waals surface area contributed by atoms with Crippen molar-refractivity contribution in [2.75, 3.05) is 13.1 Å². The summed E-state index contributed by atoms with van der Waals surface area (Å²) in [5, 5.41) is 7.25. The first kappa shape index (κ1) is 15.4. The predicted molar refractivity (Wildman–Crippen MR) is 86.0 cm³/mol. The van der Waals surface area contributed by atoms with Gasteiger partial charge in [-0.3, -0.25) is 9.78 Å². The molecule has 2 aromatic rings. The fourth-order valence-electron chi connectivity index (χ4n) is 2.23. The maximum atomic E-state index is 11.7. The number of benzene rings is 1. The zero-order valence-electron chi connectivity index (χ0n) is 12.9. The number of hydrogen-bond donors (Lipinski definition) is 2. The average Bonchev–Trinajstić information content (AvgIpc) is 2.45. The van der Waals surface area contributed by atoms with E-state index in [-0.39, 0.29) is 5.91 Å². The van der Waals surface area contributed by atoms with Crippen molar-refractivity contribution in [2.24, 2.45) is 5.92 Å². The number of para-hydroxylation sites is 1. The van der Waals surface area contributed by atoms with Gasteiger partial charge in [0.05, 0.1) is 12.1 Å². The number of nitrogens with one attached hydrogen (secondary N) is 2. The van der Waals surface area contributed by atoms with Crippen molar-refractivity contribution in [3.05, 3.63) is 41.6 Å². The Morgan fingerprint density at radius 3 is 2.81 bits per heavy atom. The van der Waals surface area contributed by atoms with Gasteiger partial charge in [-0.05, 0) is 30.5 Å². The molecule has 0 radical (unpaired) electrons. The Bertz CT molecular complexity index is 622. The standard InChI is InChI=1S/C17H23N3O/c1-12(2)9-19-17(21)11-18-10-14-8-13(3)20-16-7-5-4-6-15(14)16/h4-8,12,18H,9-11H2,1-3H3,(H,19,21). The number of hydrogen-bond acceptors (Lipinski definition) is 3. The topological polar surface area (TPSA) is 54.0 Å². The molecule has 0 bridgehead atoms. The van der Waals surface area contributed by atoms with Gasteiger partial charge in [-0.15, -0.1) is 0 Å². The summed E-state index contributed by atoms with van der Waals surface area (Å²) in [6.07, 6.45) is 0. The van der Waals surface area contributed by atoms with Gasteiger partial charge in [-0.25, -0.2) is 0 Å². The highest BCUT2D eigenvalue weighted by Gasteiger charge is 2.05. The SMILES string of the molecule is Cc1cc(CNCC(=O)NCC(C)C)c2ccccc2n1. The fourth-order valence-corrected chi connectivity index (χ4v) is 2.23. The van der Waals surface area contributed by atoms with Crippen LogP contribution in [0, 0.1) is 12.8 Å². The molecule has 0 saturated carbocycles. The van der Waals surface area contributed by atoms with Crippen LogP contribution in [0.15, 0.2) is 30.3 Å². The van der Waals surface area contributed by atoms with E-state index in [2.05, 4.69) is 41.6 Å². The number of fused-ring (bicyclic) bond motifs is 1. The van der Waals surface area contributed by atoms with Crippen LogP contribution in [0.1, 0.15) is 25.1 Å². The molecule has 0 aliphatic heterocycles. The lowest BCUT2D eigenvalue weighted by Crippen LogP contribution is -2.35. The molecule has 0 spiro atoms. The minimum Gasteiger partial charge on any atom is -0.355 e. The molecule has 2 N–H and O–H groups in total. The Balaban J connectivity index is 1.96. The van der Waals surface area contributed by atoms with Gasteiger partial charge in [0, 0.05) is 24.2 Å². The number of nitrogens with zero attached hydrogens (tertiary/aromatic N) is 1. The Kier molecular flexibility index (Phi) is 5.28. The van der Waals surface area contributed by atoms with Gasteiger partial charge in [0.2, 0.25) is 5.91 Å². The molecule has 0 atom stereocenters. The van der Waals surface area contributed by atoms with Crippen LogP contribution in [0.25, 0.3) is 10.9 Å². The minimum atomic E-state index is 0.0405. The molecule has 0 unspecified atom stereocenters. The van der Waals surface area contributed by atoms with Gasteiger partial charge in [0.1, 0.15) is 0 Å². The zero-order valence-corrected chi connectivity index (χ0v) is 12.9. The molecule has 0 aliphatic carbocycles. The Morgan fingerprint density at radius 1 is 1.29 bits per heavy atom. The molecule has 21 heavy (non-hydrogen) atoms. The Labute approximate surface area is 126 Å². The molecule has 0 aliphatic rings. The van der Waals surface area contributed by atoms with Gasteiger partial charge in [-0.1, -0.05) is 32.0 Å². The summed E-state index contributed by atoms with van der Waals surface area (Å²) < 4.78 is 0. The maximum absolute atomic E-state index is 11.7. The second-order valence-corrected chi connectivity index (χ2v) is 5.74. The van der Waals surface area contributed by atoms with Crippen molar-refractivity contribution >= 4 is 16.8 Å². The van der Waals surface area contributed by atoms with Crippen LogP contribution < -0.4 is 10.6 Å². The fraction of sp³-hybridized carbons (Fsp3) is 0.412. The molecule has 1 aromatic carbocycles. The van der Waals surface area contributed by atoms with Crippen LogP contribution in [0.3, 0.4) is 0 Å². The first-order chi connectivity index (χ1) is 10.1. The van der Waals surface area contributed by atoms with E-state index in [1.807, 2.05) is 25.1 Å². The number of amides is 1. The molecular formula is C17H23N3O. The third-order valence-electron chi connectivity index (χ3n) is 3.24. The number of aromatic nitrogens is 1. The maximum Gasteiger partial charge on any atom is 0.233 e. The molecule has 112 valence electrons. The summed E-state index contributed by atoms with van der Waals surface area (Å²) in [6, 6.07) is 10.2. The summed E-state index contributed by atoms with van der Waals surface area (Å²) in [4.78, 5) is 16.2. The van der Waals surface area contributed by atoms with E-state index in [4.69, 9.17) is 0 Å². The Hall–Kier alpha value is -1.94. The van der Waals surface area contributed by atoms with Crippen LogP contribution in [-0.2, 0) is 11.3 Å². The molecule has 4 heteroatoms. The van der Waals surface area contributed by atoms with Crippen LogP contribution in [0.4, 0.5) is 0 Å². The van der Waals surface area contributed by atoms with Crippen molar-refractivity contribution in [1.82, 2.24) is 15.6 Å². The van der Waals surface area contributed by atoms with E-state index in [1.165, 1.54) is 5.56 Å². The first-order valence-corrected chi connectivity index (χ1v) is 7.39. The summed E-state index contributed by atoms with van der Waals surface area (Å²) in [6.45, 7) is 7.88. The number of carbonyl (C=O) groups excluding carboxylic acids is 1. The second-order valence-electron chi connectivity index (χ2n) is 5.74. The monoisotopic (exact) mass is 285 g/mol. The molecule has 1 aromatic heterocycles. The van der Waals surface area contributed by atoms with E-state index < -0.39 is 0 Å². The van der Waals surface area contributed by atoms with Crippen LogP contribution in [0.5, 0.6) is 0 Å². The van der Waals surface area contributed by atoms with Crippen molar-refractivity contribution < 1.29 is 4.79 Å². The van der Waals surface area contributed by atoms with Gasteiger partial charge in [0.25, 0.3) is 0 Å². The highest BCUT2D eigenvalue weighted by molar-refractivity contribution is 5.82. The van der Waals surface area contributed by atoms with Crippen molar-refractivity contribution in [3.8, 4) is 0 Å². The third kappa shape index (κ3) is 4.53. The quantitative estimate of drug-likeness (QED) is 0.857. The van der Waals surface area contributed by atoms with Crippen molar-refractivity contribution in [2.45, 2.75) is 27.3 Å². The summed E-state index contributed by atoms with van der Waals surface area (Å²) >= 11 is 0. The van der Waals surface area contributed by atoms with E-state index in [1.54, 1.807) is 0 Å². The van der Waals surface area contributed by atoms with E-state index in [0.717, 1.165) is 23.1 Å². The lowest BCUT2D eigenvalue weighted by atomic mass is 10.1. The zero-order chi connectivity index (χ0) is 15.2. The molecule has 2 rings (SSSR count). The summed E-state index contributed by atoms with van der Waals surface area (Å²) in [5.41, 5.74) is 3.17. The molecule has 0 saturated heterocycles. The van der Waals surface area contributed by atoms with Crippen molar-refractivity contribution in [1.29, 1.82) is 0 Å². The normalized spacial score (nSPS) is 11.0. The molecule has 1 amide bonds. The van der Waals surface area contributed by atoms with Crippen LogP contribution in [-0.4, -0.2) is 24.0 Å². The minimum absolute atomic E-state index is 0.0405. The summed E-state index contributed by atoms with van der Waals surface area (Å²) in [5.74, 6) is 0.513. The molecule has 0 fully saturated rings. The molecule has 4 nitrogen and oxygen atoms in total. The smallest absolute Gasteiger partial charge is 0.233 e. The second kappa shape index (κ2) is 7.18. The lowest BCUT2D eigenvalue weighted by Gasteiger charge is -2.10. The number of aryl methyl sites for hydroxylation is 1. The number of rotatable bonds is 6. The number of pyridine rings is 1. The summed E-state index contributed by atoms with van der Waals surface area (Å²) in [7, 11) is 0. The largest absolute Gasteiger partial charge is 0.355 e. The number of carbonyl (C=O) groups is 1. The van der Waals surface area contributed by atoms with Crippen LogP contribution in [0.2, 0.25) is 0 Å². The van der Waals surface area contributed by atoms with Gasteiger partial charge < -0.3 is 10.6 Å². The van der Waals surface area contributed by atoms with Gasteiger partial charge in [-0.2, -0.15) is 0 Å². The van der Waals surface area contributed by atoms with Gasteiger partial charge in [0.15, 0.2) is 0 Å². The highest BCUT2D eigenvalue weighted by atomic mass is 16.1. The first-order valence-electron chi connectivity index (χ1n) is 7.39. The lowest BCUT2D eigenvalue weighted by molar-refractivity contribution is -0.120. The Morgan fingerprint density at radius 2 is 2.05 bits per heavy atom. The molecule has 1 heterocycles. The predicted octanol–water partition coefficient (Wildman–Crippen LogP) is 2.41.